The average Bonchev–Trinajstić information content (AvgIpc) is 2.97. The highest BCUT2D eigenvalue weighted by atomic mass is 79.9. The molecule has 98 valence electrons. The topological polar surface area (TPSA) is 42.7 Å². The summed E-state index contributed by atoms with van der Waals surface area (Å²) in [5.74, 6) is 0. The van der Waals surface area contributed by atoms with Crippen LogP contribution in [0.4, 0.5) is 0 Å². The Morgan fingerprint density at radius 2 is 2.33 bits per heavy atom. The number of aromatic nitrogens is 3. The lowest BCUT2D eigenvalue weighted by Gasteiger charge is -2.14. The van der Waals surface area contributed by atoms with Gasteiger partial charge in [0.2, 0.25) is 0 Å². The fraction of sp³-hybridized carbons (Fsp3) is 0.500. The highest BCUT2D eigenvalue weighted by Crippen LogP contribution is 2.26. The van der Waals surface area contributed by atoms with Crippen molar-refractivity contribution in [2.75, 3.05) is 7.05 Å². The Hall–Kier alpha value is -0.720. The molecule has 1 unspecified atom stereocenters. The van der Waals surface area contributed by atoms with Crippen molar-refractivity contribution in [3.63, 3.8) is 0 Å². The SMILES string of the molecule is CCc1nn(C)c(CC(NC)c2cscn2)c1Br. The van der Waals surface area contributed by atoms with Crippen LogP contribution in [0.15, 0.2) is 15.4 Å². The lowest BCUT2D eigenvalue weighted by molar-refractivity contribution is 0.550. The molecule has 0 fully saturated rings. The summed E-state index contributed by atoms with van der Waals surface area (Å²) in [4.78, 5) is 4.38. The van der Waals surface area contributed by atoms with Gasteiger partial charge in [0.15, 0.2) is 0 Å². The van der Waals surface area contributed by atoms with Crippen LogP contribution < -0.4 is 5.32 Å². The molecule has 1 atom stereocenters. The average molecular weight is 329 g/mol. The number of rotatable bonds is 5. The second kappa shape index (κ2) is 5.95. The van der Waals surface area contributed by atoms with Gasteiger partial charge in [-0.1, -0.05) is 6.92 Å². The molecule has 2 aromatic rings. The Labute approximate surface area is 120 Å². The summed E-state index contributed by atoms with van der Waals surface area (Å²) in [6.45, 7) is 2.12. The lowest BCUT2D eigenvalue weighted by Crippen LogP contribution is -2.20. The standard InChI is InChI=1S/C12H17BrN4S/c1-4-8-12(13)11(17(3)16-8)5-9(14-2)10-6-18-7-15-10/h6-7,9,14H,4-5H2,1-3H3. The van der Waals surface area contributed by atoms with Crippen LogP contribution in [0.3, 0.4) is 0 Å². The number of hydrogen-bond acceptors (Lipinski definition) is 4. The Balaban J connectivity index is 2.25. The molecule has 0 aliphatic heterocycles. The van der Waals surface area contributed by atoms with Crippen molar-refractivity contribution in [3.8, 4) is 0 Å². The van der Waals surface area contributed by atoms with E-state index in [0.29, 0.717) is 0 Å². The number of aryl methyl sites for hydroxylation is 2. The van der Waals surface area contributed by atoms with Crippen molar-refractivity contribution >= 4 is 27.3 Å². The summed E-state index contributed by atoms with van der Waals surface area (Å²) in [5, 5.41) is 9.93. The van der Waals surface area contributed by atoms with Gasteiger partial charge in [-0.05, 0) is 29.4 Å². The van der Waals surface area contributed by atoms with Crippen LogP contribution in [0.5, 0.6) is 0 Å². The molecule has 2 rings (SSSR count). The van der Waals surface area contributed by atoms with Crippen LogP contribution in [0.25, 0.3) is 0 Å². The number of nitrogens with zero attached hydrogens (tertiary/aromatic N) is 3. The van der Waals surface area contributed by atoms with Gasteiger partial charge in [-0.15, -0.1) is 11.3 Å². The normalized spacial score (nSPS) is 12.9. The molecular weight excluding hydrogens is 312 g/mol. The van der Waals surface area contributed by atoms with Gasteiger partial charge < -0.3 is 5.32 Å². The molecule has 0 spiro atoms. The van der Waals surface area contributed by atoms with Gasteiger partial charge in [0, 0.05) is 18.8 Å². The van der Waals surface area contributed by atoms with Crippen LogP contribution >= 0.6 is 27.3 Å². The maximum Gasteiger partial charge on any atom is 0.0795 e. The number of likely N-dealkylation sites (N-methyl/N-ethyl adjacent to an activating group) is 1. The minimum absolute atomic E-state index is 0.229. The van der Waals surface area contributed by atoms with Crippen molar-refractivity contribution in [1.82, 2.24) is 20.1 Å². The van der Waals surface area contributed by atoms with Gasteiger partial charge in [-0.3, -0.25) is 4.68 Å². The zero-order valence-electron chi connectivity index (χ0n) is 10.8. The molecule has 2 aromatic heterocycles. The van der Waals surface area contributed by atoms with Crippen molar-refractivity contribution < 1.29 is 0 Å². The molecule has 0 aliphatic carbocycles. The minimum Gasteiger partial charge on any atom is -0.311 e. The Bertz CT molecular complexity index is 506. The van der Waals surface area contributed by atoms with E-state index in [9.17, 15) is 0 Å². The molecule has 6 heteroatoms. The first-order valence-electron chi connectivity index (χ1n) is 5.93. The number of nitrogens with one attached hydrogen (secondary N) is 1. The Morgan fingerprint density at radius 3 is 2.83 bits per heavy atom. The highest BCUT2D eigenvalue weighted by molar-refractivity contribution is 9.10. The maximum absolute atomic E-state index is 4.52. The van der Waals surface area contributed by atoms with Gasteiger partial charge in [0.05, 0.1) is 33.1 Å². The third kappa shape index (κ3) is 2.65. The molecule has 0 radical (unpaired) electrons. The number of halogens is 1. The third-order valence-corrected chi connectivity index (χ3v) is 4.58. The predicted octanol–water partition coefficient (Wildman–Crippen LogP) is 2.70. The van der Waals surface area contributed by atoms with Crippen molar-refractivity contribution in [1.29, 1.82) is 0 Å². The van der Waals surface area contributed by atoms with Gasteiger partial charge in [0.25, 0.3) is 0 Å². The summed E-state index contributed by atoms with van der Waals surface area (Å²) in [7, 11) is 3.96. The zero-order valence-corrected chi connectivity index (χ0v) is 13.2. The van der Waals surface area contributed by atoms with Gasteiger partial charge in [-0.2, -0.15) is 5.10 Å². The molecule has 0 aliphatic rings. The monoisotopic (exact) mass is 328 g/mol. The van der Waals surface area contributed by atoms with Crippen molar-refractivity contribution in [2.24, 2.45) is 7.05 Å². The van der Waals surface area contributed by atoms with E-state index in [1.165, 1.54) is 5.69 Å². The molecular formula is C12H17BrN4S. The minimum atomic E-state index is 0.229. The van der Waals surface area contributed by atoms with E-state index < -0.39 is 0 Å². The van der Waals surface area contributed by atoms with E-state index >= 15 is 0 Å². The summed E-state index contributed by atoms with van der Waals surface area (Å²) >= 11 is 5.28. The third-order valence-electron chi connectivity index (χ3n) is 3.06. The fourth-order valence-electron chi connectivity index (χ4n) is 1.98. The quantitative estimate of drug-likeness (QED) is 0.917. The summed E-state index contributed by atoms with van der Waals surface area (Å²) < 4.78 is 3.09. The molecule has 1 N–H and O–H groups in total. The molecule has 0 amide bonds. The fourth-order valence-corrected chi connectivity index (χ4v) is 3.37. The zero-order chi connectivity index (χ0) is 13.1. The first-order valence-corrected chi connectivity index (χ1v) is 7.66. The lowest BCUT2D eigenvalue weighted by atomic mass is 10.1. The van der Waals surface area contributed by atoms with Crippen LogP contribution in [0, 0.1) is 0 Å². The number of hydrogen-bond donors (Lipinski definition) is 1. The van der Waals surface area contributed by atoms with Crippen LogP contribution in [-0.4, -0.2) is 21.8 Å². The van der Waals surface area contributed by atoms with Crippen LogP contribution in [-0.2, 0) is 19.9 Å². The molecule has 0 saturated carbocycles. The van der Waals surface area contributed by atoms with E-state index in [0.717, 1.165) is 28.7 Å². The van der Waals surface area contributed by atoms with Crippen molar-refractivity contribution in [3.05, 3.63) is 32.4 Å². The Kier molecular flexibility index (Phi) is 4.53. The molecule has 4 nitrogen and oxygen atoms in total. The Morgan fingerprint density at radius 1 is 1.56 bits per heavy atom. The maximum atomic E-state index is 4.52. The largest absolute Gasteiger partial charge is 0.311 e. The second-order valence-corrected chi connectivity index (χ2v) is 5.65. The molecule has 0 saturated heterocycles. The molecule has 2 heterocycles. The van der Waals surface area contributed by atoms with Crippen molar-refractivity contribution in [2.45, 2.75) is 25.8 Å². The first-order chi connectivity index (χ1) is 8.67. The van der Waals surface area contributed by atoms with Crippen LogP contribution in [0.1, 0.15) is 30.0 Å². The highest BCUT2D eigenvalue weighted by Gasteiger charge is 2.18. The van der Waals surface area contributed by atoms with Gasteiger partial charge >= 0.3 is 0 Å². The van der Waals surface area contributed by atoms with Gasteiger partial charge in [-0.25, -0.2) is 4.98 Å². The smallest absolute Gasteiger partial charge is 0.0795 e. The molecule has 0 bridgehead atoms. The predicted molar refractivity (Wildman–Crippen MR) is 77.9 cm³/mol. The van der Waals surface area contributed by atoms with E-state index in [2.05, 4.69) is 43.6 Å². The first kappa shape index (κ1) is 13.7. The molecule has 18 heavy (non-hydrogen) atoms. The number of thiazole rings is 1. The van der Waals surface area contributed by atoms with E-state index in [4.69, 9.17) is 0 Å². The van der Waals surface area contributed by atoms with E-state index in [1.807, 2.05) is 24.3 Å². The van der Waals surface area contributed by atoms with E-state index in [-0.39, 0.29) is 6.04 Å². The second-order valence-electron chi connectivity index (χ2n) is 4.14. The van der Waals surface area contributed by atoms with Gasteiger partial charge in [0.1, 0.15) is 0 Å². The summed E-state index contributed by atoms with van der Waals surface area (Å²) in [6, 6.07) is 0.229. The van der Waals surface area contributed by atoms with E-state index in [1.54, 1.807) is 11.3 Å². The van der Waals surface area contributed by atoms with Crippen LogP contribution in [0.2, 0.25) is 0 Å². The summed E-state index contributed by atoms with van der Waals surface area (Å²) in [6.07, 6.45) is 1.82. The summed E-state index contributed by atoms with van der Waals surface area (Å²) in [5.41, 5.74) is 5.28. The molecule has 0 aromatic carbocycles.